The van der Waals surface area contributed by atoms with E-state index in [4.69, 9.17) is 5.73 Å². The van der Waals surface area contributed by atoms with Gasteiger partial charge in [-0.1, -0.05) is 34.1 Å². The van der Waals surface area contributed by atoms with Crippen molar-refractivity contribution in [2.24, 2.45) is 17.1 Å². The fourth-order valence-electron chi connectivity index (χ4n) is 2.63. The van der Waals surface area contributed by atoms with Crippen LogP contribution in [0.3, 0.4) is 0 Å². The number of carbonyl (C=O) groups is 1. The van der Waals surface area contributed by atoms with Gasteiger partial charge in [0.1, 0.15) is 0 Å². The predicted molar refractivity (Wildman–Crippen MR) is 78.9 cm³/mol. The summed E-state index contributed by atoms with van der Waals surface area (Å²) in [6.45, 7) is 10.7. The number of piperidine rings is 1. The normalized spacial score (nSPS) is 19.3. The first-order chi connectivity index (χ1) is 7.86. The van der Waals surface area contributed by atoms with E-state index in [1.54, 1.807) is 0 Å². The summed E-state index contributed by atoms with van der Waals surface area (Å²) in [7, 11) is 0. The van der Waals surface area contributed by atoms with Crippen LogP contribution >= 0.6 is 12.4 Å². The molecule has 0 bridgehead atoms. The molecule has 1 atom stereocenters. The summed E-state index contributed by atoms with van der Waals surface area (Å²) in [5.74, 6) is 0.883. The third-order valence-corrected chi connectivity index (χ3v) is 3.95. The van der Waals surface area contributed by atoms with E-state index in [0.717, 1.165) is 44.7 Å². The molecule has 2 N–H and O–H groups in total. The second kappa shape index (κ2) is 7.34. The molecule has 1 amide bonds. The van der Waals surface area contributed by atoms with E-state index < -0.39 is 0 Å². The van der Waals surface area contributed by atoms with Gasteiger partial charge in [-0.3, -0.25) is 4.79 Å². The lowest BCUT2D eigenvalue weighted by atomic mass is 9.75. The van der Waals surface area contributed by atoms with Crippen LogP contribution in [0.5, 0.6) is 0 Å². The van der Waals surface area contributed by atoms with E-state index in [-0.39, 0.29) is 24.4 Å². The molecule has 18 heavy (non-hydrogen) atoms. The van der Waals surface area contributed by atoms with Gasteiger partial charge in [-0.05, 0) is 30.6 Å². The van der Waals surface area contributed by atoms with E-state index in [1.807, 2.05) is 4.90 Å². The SMILES string of the molecule is CCCC(N)C(=O)N1CCC(C(C)(C)C)CC1.Cl. The first-order valence-corrected chi connectivity index (χ1v) is 6.90. The molecule has 0 aromatic rings. The number of hydrogen-bond acceptors (Lipinski definition) is 2. The van der Waals surface area contributed by atoms with Crippen molar-refractivity contribution in [3.8, 4) is 0 Å². The summed E-state index contributed by atoms with van der Waals surface area (Å²) in [4.78, 5) is 14.0. The Bertz CT molecular complexity index is 255. The number of nitrogens with two attached hydrogens (primary N) is 1. The Morgan fingerprint density at radius 3 is 2.22 bits per heavy atom. The number of hydrogen-bond donors (Lipinski definition) is 1. The van der Waals surface area contributed by atoms with Crippen molar-refractivity contribution in [3.63, 3.8) is 0 Å². The van der Waals surface area contributed by atoms with Gasteiger partial charge in [0, 0.05) is 13.1 Å². The van der Waals surface area contributed by atoms with E-state index in [9.17, 15) is 4.79 Å². The van der Waals surface area contributed by atoms with Crippen molar-refractivity contribution in [3.05, 3.63) is 0 Å². The maximum Gasteiger partial charge on any atom is 0.239 e. The minimum Gasteiger partial charge on any atom is -0.341 e. The molecule has 108 valence electrons. The summed E-state index contributed by atoms with van der Waals surface area (Å²) in [5.41, 5.74) is 6.25. The molecular formula is C14H29ClN2O. The molecule has 1 saturated heterocycles. The first-order valence-electron chi connectivity index (χ1n) is 6.90. The van der Waals surface area contributed by atoms with Gasteiger partial charge >= 0.3 is 0 Å². The fraction of sp³-hybridized carbons (Fsp3) is 0.929. The average Bonchev–Trinajstić information content (AvgIpc) is 2.27. The molecule has 0 radical (unpaired) electrons. The molecule has 1 fully saturated rings. The van der Waals surface area contributed by atoms with Gasteiger partial charge in [0.15, 0.2) is 0 Å². The van der Waals surface area contributed by atoms with Crippen LogP contribution in [0.25, 0.3) is 0 Å². The summed E-state index contributed by atoms with van der Waals surface area (Å²) in [5, 5.41) is 0. The van der Waals surface area contributed by atoms with Gasteiger partial charge in [0.25, 0.3) is 0 Å². The average molecular weight is 277 g/mol. The Kier molecular flexibility index (Phi) is 7.23. The lowest BCUT2D eigenvalue weighted by Crippen LogP contribution is -2.48. The molecule has 1 aliphatic rings. The Morgan fingerprint density at radius 1 is 1.33 bits per heavy atom. The number of carbonyl (C=O) groups excluding carboxylic acids is 1. The van der Waals surface area contributed by atoms with Crippen LogP contribution in [0.4, 0.5) is 0 Å². The Hall–Kier alpha value is -0.280. The smallest absolute Gasteiger partial charge is 0.239 e. The number of likely N-dealkylation sites (tertiary alicyclic amines) is 1. The molecule has 0 aromatic carbocycles. The molecule has 1 heterocycles. The maximum atomic E-state index is 12.0. The van der Waals surface area contributed by atoms with Gasteiger partial charge in [-0.2, -0.15) is 0 Å². The van der Waals surface area contributed by atoms with Gasteiger partial charge in [0.05, 0.1) is 6.04 Å². The number of nitrogens with zero attached hydrogens (tertiary/aromatic N) is 1. The first kappa shape index (κ1) is 17.7. The third kappa shape index (κ3) is 4.77. The van der Waals surface area contributed by atoms with Gasteiger partial charge in [0.2, 0.25) is 5.91 Å². The summed E-state index contributed by atoms with van der Waals surface area (Å²) in [6.07, 6.45) is 4.02. The second-order valence-corrected chi connectivity index (χ2v) is 6.36. The lowest BCUT2D eigenvalue weighted by Gasteiger charge is -2.39. The monoisotopic (exact) mass is 276 g/mol. The molecule has 0 aliphatic carbocycles. The molecule has 0 aromatic heterocycles. The van der Waals surface area contributed by atoms with Crippen LogP contribution in [0.15, 0.2) is 0 Å². The fourth-order valence-corrected chi connectivity index (χ4v) is 2.63. The highest BCUT2D eigenvalue weighted by atomic mass is 35.5. The van der Waals surface area contributed by atoms with Crippen LogP contribution in [0.2, 0.25) is 0 Å². The van der Waals surface area contributed by atoms with E-state index in [1.165, 1.54) is 0 Å². The molecular weight excluding hydrogens is 248 g/mol. The summed E-state index contributed by atoms with van der Waals surface area (Å²) < 4.78 is 0. The van der Waals surface area contributed by atoms with Crippen molar-refractivity contribution < 1.29 is 4.79 Å². The highest BCUT2D eigenvalue weighted by Crippen LogP contribution is 2.34. The second-order valence-electron chi connectivity index (χ2n) is 6.36. The quantitative estimate of drug-likeness (QED) is 0.862. The van der Waals surface area contributed by atoms with Crippen LogP contribution in [0, 0.1) is 11.3 Å². The minimum absolute atomic E-state index is 0. The largest absolute Gasteiger partial charge is 0.341 e. The number of rotatable bonds is 3. The van der Waals surface area contributed by atoms with E-state index in [0.29, 0.717) is 5.41 Å². The van der Waals surface area contributed by atoms with Crippen LogP contribution in [0.1, 0.15) is 53.4 Å². The van der Waals surface area contributed by atoms with Crippen molar-refractivity contribution in [2.45, 2.75) is 59.4 Å². The van der Waals surface area contributed by atoms with Crippen LogP contribution < -0.4 is 5.73 Å². The minimum atomic E-state index is -0.286. The Morgan fingerprint density at radius 2 is 1.83 bits per heavy atom. The maximum absolute atomic E-state index is 12.0. The highest BCUT2D eigenvalue weighted by Gasteiger charge is 2.31. The van der Waals surface area contributed by atoms with Crippen molar-refractivity contribution >= 4 is 18.3 Å². The number of halogens is 1. The number of amides is 1. The van der Waals surface area contributed by atoms with Gasteiger partial charge in [-0.15, -0.1) is 12.4 Å². The van der Waals surface area contributed by atoms with E-state index >= 15 is 0 Å². The van der Waals surface area contributed by atoms with E-state index in [2.05, 4.69) is 27.7 Å². The molecule has 1 aliphatic heterocycles. The highest BCUT2D eigenvalue weighted by molar-refractivity contribution is 5.85. The predicted octanol–water partition coefficient (Wildman–Crippen LogP) is 2.82. The molecule has 3 nitrogen and oxygen atoms in total. The van der Waals surface area contributed by atoms with Crippen molar-refractivity contribution in [1.29, 1.82) is 0 Å². The zero-order valence-electron chi connectivity index (χ0n) is 12.2. The van der Waals surface area contributed by atoms with Gasteiger partial charge < -0.3 is 10.6 Å². The molecule has 1 rings (SSSR count). The van der Waals surface area contributed by atoms with Gasteiger partial charge in [-0.25, -0.2) is 0 Å². The molecule has 0 saturated carbocycles. The molecule has 1 unspecified atom stereocenters. The topological polar surface area (TPSA) is 46.3 Å². The van der Waals surface area contributed by atoms with Crippen molar-refractivity contribution in [1.82, 2.24) is 4.90 Å². The Labute approximate surface area is 118 Å². The standard InChI is InChI=1S/C14H28N2O.ClH/c1-5-6-12(15)13(17)16-9-7-11(8-10-16)14(2,3)4;/h11-12H,5-10,15H2,1-4H3;1H. The molecule has 0 spiro atoms. The summed E-state index contributed by atoms with van der Waals surface area (Å²) >= 11 is 0. The molecule has 4 heteroatoms. The zero-order valence-corrected chi connectivity index (χ0v) is 13.1. The third-order valence-electron chi connectivity index (χ3n) is 3.95. The lowest BCUT2D eigenvalue weighted by molar-refractivity contribution is -0.134. The zero-order chi connectivity index (χ0) is 13.1. The van der Waals surface area contributed by atoms with Crippen molar-refractivity contribution in [2.75, 3.05) is 13.1 Å². The summed E-state index contributed by atoms with van der Waals surface area (Å²) in [6, 6.07) is -0.286. The van der Waals surface area contributed by atoms with Crippen LogP contribution in [-0.4, -0.2) is 29.9 Å². The van der Waals surface area contributed by atoms with Crippen LogP contribution in [-0.2, 0) is 4.79 Å². The Balaban J connectivity index is 0.00000289.